The van der Waals surface area contributed by atoms with Gasteiger partial charge in [0.2, 0.25) is 0 Å². The third-order valence-electron chi connectivity index (χ3n) is 1.06. The summed E-state index contributed by atoms with van der Waals surface area (Å²) in [7, 11) is 0. The van der Waals surface area contributed by atoms with E-state index in [2.05, 4.69) is 5.32 Å². The SMILES string of the molecule is CC(C)SCCNCC(F)(F)F. The van der Waals surface area contributed by atoms with Crippen molar-refractivity contribution in [2.75, 3.05) is 18.8 Å². The van der Waals surface area contributed by atoms with Crippen LogP contribution in [0.5, 0.6) is 0 Å². The number of hydrogen-bond donors (Lipinski definition) is 1. The normalized spacial score (nSPS) is 12.5. The highest BCUT2D eigenvalue weighted by atomic mass is 32.2. The zero-order valence-corrected chi connectivity index (χ0v) is 8.06. The van der Waals surface area contributed by atoms with Crippen molar-refractivity contribution in [1.82, 2.24) is 5.32 Å². The average molecular weight is 201 g/mol. The first-order valence-electron chi connectivity index (χ1n) is 3.81. The van der Waals surface area contributed by atoms with Gasteiger partial charge in [0, 0.05) is 12.3 Å². The Hall–Kier alpha value is 0.100. The van der Waals surface area contributed by atoms with Gasteiger partial charge in [0.15, 0.2) is 0 Å². The van der Waals surface area contributed by atoms with Gasteiger partial charge in [-0.2, -0.15) is 24.9 Å². The molecule has 0 fully saturated rings. The summed E-state index contributed by atoms with van der Waals surface area (Å²) in [4.78, 5) is 0. The van der Waals surface area contributed by atoms with Crippen LogP contribution in [0.25, 0.3) is 0 Å². The van der Waals surface area contributed by atoms with E-state index in [-0.39, 0.29) is 0 Å². The first-order valence-corrected chi connectivity index (χ1v) is 4.86. The molecule has 0 rings (SSSR count). The van der Waals surface area contributed by atoms with E-state index >= 15 is 0 Å². The first-order chi connectivity index (χ1) is 5.42. The predicted octanol–water partition coefficient (Wildman–Crippen LogP) is 2.28. The van der Waals surface area contributed by atoms with Gasteiger partial charge < -0.3 is 5.32 Å². The van der Waals surface area contributed by atoms with Crippen LogP contribution in [0.3, 0.4) is 0 Å². The lowest BCUT2D eigenvalue weighted by molar-refractivity contribution is -0.124. The third-order valence-corrected chi connectivity index (χ3v) is 2.16. The average Bonchev–Trinajstić information content (AvgIpc) is 1.83. The van der Waals surface area contributed by atoms with Crippen LogP contribution in [0.4, 0.5) is 13.2 Å². The molecule has 0 heterocycles. The second-order valence-corrected chi connectivity index (χ2v) is 4.40. The van der Waals surface area contributed by atoms with Crippen molar-refractivity contribution >= 4 is 11.8 Å². The van der Waals surface area contributed by atoms with Gasteiger partial charge in [0.1, 0.15) is 0 Å². The van der Waals surface area contributed by atoms with E-state index in [1.807, 2.05) is 13.8 Å². The second kappa shape index (κ2) is 5.70. The van der Waals surface area contributed by atoms with Crippen molar-refractivity contribution in [3.05, 3.63) is 0 Å². The van der Waals surface area contributed by atoms with Crippen LogP contribution in [0, 0.1) is 0 Å². The molecule has 0 aliphatic heterocycles. The molecule has 0 spiro atoms. The second-order valence-electron chi connectivity index (χ2n) is 2.71. The first kappa shape index (κ1) is 12.1. The summed E-state index contributed by atoms with van der Waals surface area (Å²) in [5, 5.41) is 2.82. The standard InChI is InChI=1S/C7H14F3NS/c1-6(2)12-4-3-11-5-7(8,9)10/h6,11H,3-5H2,1-2H3. The van der Waals surface area contributed by atoms with Crippen molar-refractivity contribution in [2.45, 2.75) is 25.3 Å². The van der Waals surface area contributed by atoms with Gasteiger partial charge in [-0.05, 0) is 5.25 Å². The molecular weight excluding hydrogens is 187 g/mol. The van der Waals surface area contributed by atoms with E-state index < -0.39 is 12.7 Å². The molecule has 0 aliphatic rings. The fourth-order valence-electron chi connectivity index (χ4n) is 0.597. The molecule has 0 radical (unpaired) electrons. The van der Waals surface area contributed by atoms with Crippen LogP contribution >= 0.6 is 11.8 Å². The molecule has 0 aromatic rings. The van der Waals surface area contributed by atoms with Gasteiger partial charge in [-0.15, -0.1) is 0 Å². The maximum atomic E-state index is 11.6. The van der Waals surface area contributed by atoms with Crippen LogP contribution in [0.1, 0.15) is 13.8 Å². The third kappa shape index (κ3) is 10.1. The highest BCUT2D eigenvalue weighted by Crippen LogP contribution is 2.12. The zero-order valence-electron chi connectivity index (χ0n) is 7.24. The van der Waals surface area contributed by atoms with Crippen molar-refractivity contribution in [3.63, 3.8) is 0 Å². The Morgan fingerprint density at radius 3 is 2.33 bits per heavy atom. The topological polar surface area (TPSA) is 12.0 Å². The van der Waals surface area contributed by atoms with Gasteiger partial charge >= 0.3 is 6.18 Å². The van der Waals surface area contributed by atoms with E-state index in [1.54, 1.807) is 11.8 Å². The Bertz CT molecular complexity index is 114. The number of thioether (sulfide) groups is 1. The molecule has 1 N–H and O–H groups in total. The van der Waals surface area contributed by atoms with E-state index in [1.165, 1.54) is 0 Å². The molecule has 0 bridgehead atoms. The Balaban J connectivity index is 3.12. The fraction of sp³-hybridized carbons (Fsp3) is 1.00. The molecular formula is C7H14F3NS. The molecule has 5 heteroatoms. The van der Waals surface area contributed by atoms with Gasteiger partial charge in [-0.25, -0.2) is 0 Å². The highest BCUT2D eigenvalue weighted by Gasteiger charge is 2.25. The molecule has 74 valence electrons. The molecule has 1 nitrogen and oxygen atoms in total. The Morgan fingerprint density at radius 2 is 1.92 bits per heavy atom. The summed E-state index contributed by atoms with van der Waals surface area (Å²) < 4.78 is 34.7. The van der Waals surface area contributed by atoms with Crippen LogP contribution in [-0.2, 0) is 0 Å². The van der Waals surface area contributed by atoms with Gasteiger partial charge in [0.25, 0.3) is 0 Å². The summed E-state index contributed by atoms with van der Waals surface area (Å²) in [6, 6.07) is 0. The van der Waals surface area contributed by atoms with E-state index in [4.69, 9.17) is 0 Å². The minimum atomic E-state index is -4.08. The minimum Gasteiger partial charge on any atom is -0.308 e. The highest BCUT2D eigenvalue weighted by molar-refractivity contribution is 7.99. The largest absolute Gasteiger partial charge is 0.401 e. The van der Waals surface area contributed by atoms with Crippen LogP contribution in [0.15, 0.2) is 0 Å². The Kier molecular flexibility index (Phi) is 5.74. The molecule has 0 saturated heterocycles. The molecule has 0 atom stereocenters. The monoisotopic (exact) mass is 201 g/mol. The summed E-state index contributed by atoms with van der Waals surface area (Å²) in [6.45, 7) is 3.58. The predicted molar refractivity (Wildman–Crippen MR) is 46.5 cm³/mol. The lowest BCUT2D eigenvalue weighted by atomic mass is 10.6. The van der Waals surface area contributed by atoms with Gasteiger partial charge in [-0.3, -0.25) is 0 Å². The smallest absolute Gasteiger partial charge is 0.308 e. The summed E-state index contributed by atoms with van der Waals surface area (Å²) in [6.07, 6.45) is -4.08. The van der Waals surface area contributed by atoms with Crippen molar-refractivity contribution in [3.8, 4) is 0 Å². The number of hydrogen-bond acceptors (Lipinski definition) is 2. The van der Waals surface area contributed by atoms with Crippen LogP contribution < -0.4 is 5.32 Å². The summed E-state index contributed by atoms with van der Waals surface area (Å²) in [5.74, 6) is 0.730. The summed E-state index contributed by atoms with van der Waals surface area (Å²) >= 11 is 1.65. The van der Waals surface area contributed by atoms with Gasteiger partial charge in [0.05, 0.1) is 6.54 Å². The molecule has 0 aromatic heterocycles. The van der Waals surface area contributed by atoms with Crippen LogP contribution in [-0.4, -0.2) is 30.3 Å². The van der Waals surface area contributed by atoms with Crippen LogP contribution in [0.2, 0.25) is 0 Å². The number of alkyl halides is 3. The van der Waals surface area contributed by atoms with Gasteiger partial charge in [-0.1, -0.05) is 13.8 Å². The van der Waals surface area contributed by atoms with Crippen molar-refractivity contribution in [2.24, 2.45) is 0 Å². The van der Waals surface area contributed by atoms with Crippen molar-refractivity contribution in [1.29, 1.82) is 0 Å². The minimum absolute atomic E-state index is 0.419. The lowest BCUT2D eigenvalue weighted by Crippen LogP contribution is -2.30. The molecule has 0 aliphatic carbocycles. The Morgan fingerprint density at radius 1 is 1.33 bits per heavy atom. The summed E-state index contributed by atoms with van der Waals surface area (Å²) in [5.41, 5.74) is 0. The van der Waals surface area contributed by atoms with E-state index in [0.29, 0.717) is 11.8 Å². The quantitative estimate of drug-likeness (QED) is 0.685. The lowest BCUT2D eigenvalue weighted by Gasteiger charge is -2.08. The zero-order chi connectivity index (χ0) is 9.61. The molecule has 0 amide bonds. The molecule has 12 heavy (non-hydrogen) atoms. The fourth-order valence-corrected chi connectivity index (χ4v) is 1.33. The van der Waals surface area contributed by atoms with E-state index in [0.717, 1.165) is 5.75 Å². The van der Waals surface area contributed by atoms with Crippen molar-refractivity contribution < 1.29 is 13.2 Å². The molecule has 0 saturated carbocycles. The molecule has 0 aromatic carbocycles. The Labute approximate surface area is 75.1 Å². The number of halogens is 3. The number of rotatable bonds is 5. The molecule has 0 unspecified atom stereocenters. The van der Waals surface area contributed by atoms with E-state index in [9.17, 15) is 13.2 Å². The maximum Gasteiger partial charge on any atom is 0.401 e. The number of nitrogens with one attached hydrogen (secondary N) is 1. The maximum absolute atomic E-state index is 11.6.